The maximum absolute atomic E-state index is 14.2. The maximum Gasteiger partial charge on any atom is 0.313 e. The number of aromatic nitrogens is 4. The SMILES string of the molecule is C.C=CCCCCN(C)C(=O)[C@@H]1C[C@@H](O)C[C@H]1C(=O)C[C@]1(C(=O)OCC)C[C@H]1C=C.C=CCCCCN(C)C(=O)[C@@H]1C[C@H](Oc2cc(-c3nc(C(C)C)cs3)nc3c(C)c(OC)ccc23)C[C@H]1C(=O)C[C@]1(C(=O)OCC)C[C@H]1C=C.COc1ccc2c(=O)cc(-c3nc(C(C)C)cs3)[nH]c2c1C. The molecule has 4 fully saturated rings. The van der Waals surface area contributed by atoms with Crippen molar-refractivity contribution in [3.8, 4) is 38.7 Å². The van der Waals surface area contributed by atoms with Crippen LogP contribution in [0.2, 0.25) is 0 Å². The average Bonchev–Trinajstić information content (AvgIpc) is 1.56. The number of unbranched alkanes of at least 4 members (excludes halogenated alkanes) is 4. The normalized spacial score (nSPS) is 22.2. The molecule has 102 heavy (non-hydrogen) atoms. The number of ether oxygens (including phenoxy) is 5. The number of benzene rings is 2. The van der Waals surface area contributed by atoms with Gasteiger partial charge in [-0.25, -0.2) is 15.0 Å². The Kier molecular flexibility index (Phi) is 28.9. The monoisotopic (exact) mass is 1440 g/mol. The molecule has 0 bridgehead atoms. The van der Waals surface area contributed by atoms with Crippen molar-refractivity contribution in [1.29, 1.82) is 0 Å². The summed E-state index contributed by atoms with van der Waals surface area (Å²) in [7, 11) is 6.82. The highest BCUT2D eigenvalue weighted by Gasteiger charge is 2.63. The van der Waals surface area contributed by atoms with Crippen LogP contribution in [0.1, 0.15) is 173 Å². The molecule has 21 heteroatoms. The Hall–Kier alpha value is -8.14. The van der Waals surface area contributed by atoms with Crippen molar-refractivity contribution in [1.82, 2.24) is 29.7 Å². The van der Waals surface area contributed by atoms with Gasteiger partial charge in [0.25, 0.3) is 0 Å². The number of allylic oxidation sites excluding steroid dienone is 4. The predicted octanol–water partition coefficient (Wildman–Crippen LogP) is 15.7. The van der Waals surface area contributed by atoms with Crippen molar-refractivity contribution in [2.24, 2.45) is 46.3 Å². The summed E-state index contributed by atoms with van der Waals surface area (Å²) in [5.74, 6) is -0.796. The maximum atomic E-state index is 14.2. The van der Waals surface area contributed by atoms with E-state index in [2.05, 4.69) is 69.4 Å². The number of ketones is 2. The zero-order chi connectivity index (χ0) is 73.6. The lowest BCUT2D eigenvalue weighted by atomic mass is 9.84. The number of aryl methyl sites for hydroxylation is 2. The molecule has 2 amide bonds. The zero-order valence-corrected chi connectivity index (χ0v) is 62.8. The van der Waals surface area contributed by atoms with Gasteiger partial charge in [0, 0.05) is 96.7 Å². The quantitative estimate of drug-likeness (QED) is 0.0226. The number of esters is 2. The van der Waals surface area contributed by atoms with Crippen molar-refractivity contribution >= 4 is 79.8 Å². The Morgan fingerprint density at radius 3 is 1.60 bits per heavy atom. The summed E-state index contributed by atoms with van der Waals surface area (Å²) < 4.78 is 28.4. The zero-order valence-electron chi connectivity index (χ0n) is 61.2. The first-order valence-electron chi connectivity index (χ1n) is 35.6. The van der Waals surface area contributed by atoms with Crippen LogP contribution in [0.5, 0.6) is 17.2 Å². The van der Waals surface area contributed by atoms with Crippen LogP contribution in [0.4, 0.5) is 0 Å². The van der Waals surface area contributed by atoms with E-state index in [1.807, 2.05) is 55.6 Å². The number of hydrogen-bond acceptors (Lipinski definition) is 18. The lowest BCUT2D eigenvalue weighted by Crippen LogP contribution is -2.38. The van der Waals surface area contributed by atoms with Crippen molar-refractivity contribution in [3.63, 3.8) is 0 Å². The molecule has 6 aromatic rings. The second-order valence-electron chi connectivity index (χ2n) is 28.1. The number of nitrogens with zero attached hydrogens (tertiary/aromatic N) is 5. The number of methoxy groups -OCH3 is 2. The van der Waals surface area contributed by atoms with Crippen LogP contribution < -0.4 is 19.6 Å². The van der Waals surface area contributed by atoms with Crippen molar-refractivity contribution < 1.29 is 57.6 Å². The summed E-state index contributed by atoms with van der Waals surface area (Å²) in [4.78, 5) is 113. The molecule has 4 aromatic heterocycles. The van der Waals surface area contributed by atoms with Crippen LogP contribution in [-0.2, 0) is 38.2 Å². The number of H-pyrrole nitrogens is 1. The van der Waals surface area contributed by atoms with Gasteiger partial charge in [-0.3, -0.25) is 33.6 Å². The fourth-order valence-corrected chi connectivity index (χ4v) is 16.2. The number of thiazole rings is 2. The Labute approximate surface area is 610 Å². The minimum atomic E-state index is -0.909. The van der Waals surface area contributed by atoms with E-state index in [1.54, 1.807) is 98.9 Å². The van der Waals surface area contributed by atoms with E-state index in [-0.39, 0.29) is 98.4 Å². The summed E-state index contributed by atoms with van der Waals surface area (Å²) in [6, 6.07) is 11.0. The molecule has 4 aliphatic rings. The molecule has 0 radical (unpaired) electrons. The topological polar surface area (TPSA) is 247 Å². The van der Waals surface area contributed by atoms with Crippen LogP contribution in [0, 0.1) is 60.2 Å². The van der Waals surface area contributed by atoms with Crippen LogP contribution in [0.25, 0.3) is 43.2 Å². The Morgan fingerprint density at radius 2 is 1.12 bits per heavy atom. The minimum absolute atomic E-state index is 0. The van der Waals surface area contributed by atoms with E-state index < -0.39 is 46.7 Å². The summed E-state index contributed by atoms with van der Waals surface area (Å²) in [6.07, 6.45) is 14.0. The number of aliphatic hydroxyl groups is 1. The van der Waals surface area contributed by atoms with Gasteiger partial charge < -0.3 is 43.6 Å². The molecular formula is C81H108N6O13S2. The van der Waals surface area contributed by atoms with Crippen LogP contribution in [0.15, 0.2) is 103 Å². The standard InChI is InChI=1S/C40H51N3O6S.C23H35NO5.C17H18N2O2S.CH4/c1-9-12-13-14-17-43(7)38(45)30-19-27(18-29(30)33(44)22-40(21-26(40)10-2)39(46)48-11-3)49-35-20-31(37-42-32(23-50-37)24(4)5)41-36-25(6)34(47-8)16-15-28(35)36;1-5-8-9-10-11-24(4)21(27)19-13-17(25)12-18(19)20(26)15-23(14-16(23)6-2)22(28)29-7-3;1-9(2)13-8-22-17(19-13)12-7-14(20)11-5-6-15(21-4)10(3)16(11)18-12;/h9-10,15-16,20,23-24,26-27,29-30H,1-2,11-14,17-19,21-22H2,3-8H3;5-6,16-19,25H,1-2,7-15H2,3-4H3;5-9H,1-4H3,(H,18,20);1H4/t26-,27-,29-,30-,40-;16-,17+,18-,19-,23-;;/m11../s1. The number of pyridine rings is 2. The predicted molar refractivity (Wildman–Crippen MR) is 406 cm³/mol. The number of rotatable bonds is 32. The molecule has 4 saturated carbocycles. The highest BCUT2D eigenvalue weighted by atomic mass is 32.1. The molecule has 2 aromatic carbocycles. The molecule has 0 spiro atoms. The van der Waals surface area contributed by atoms with Crippen LogP contribution in [0.3, 0.4) is 0 Å². The molecule has 4 aliphatic carbocycles. The summed E-state index contributed by atoms with van der Waals surface area (Å²) >= 11 is 3.09. The number of aliphatic hydroxyl groups excluding tert-OH is 1. The fourth-order valence-electron chi connectivity index (χ4n) is 14.3. The molecule has 0 aliphatic heterocycles. The molecule has 0 unspecified atom stereocenters. The smallest absolute Gasteiger partial charge is 0.313 e. The molecule has 10 rings (SSSR count). The Balaban J connectivity index is 0.000000236. The van der Waals surface area contributed by atoms with E-state index in [0.717, 1.165) is 105 Å². The largest absolute Gasteiger partial charge is 0.496 e. The highest BCUT2D eigenvalue weighted by Crippen LogP contribution is 2.59. The van der Waals surface area contributed by atoms with E-state index >= 15 is 0 Å². The van der Waals surface area contributed by atoms with Gasteiger partial charge in [0.1, 0.15) is 50.6 Å². The molecule has 10 atom stereocenters. The van der Waals surface area contributed by atoms with Gasteiger partial charge in [0.2, 0.25) is 11.8 Å². The van der Waals surface area contributed by atoms with Crippen LogP contribution in [-0.4, -0.2) is 137 Å². The van der Waals surface area contributed by atoms with Gasteiger partial charge >= 0.3 is 11.9 Å². The first-order valence-corrected chi connectivity index (χ1v) is 37.4. The molecule has 4 heterocycles. The number of hydrogen-bond donors (Lipinski definition) is 2. The number of carbonyl (C=O) groups is 6. The van der Waals surface area contributed by atoms with E-state index in [9.17, 15) is 38.7 Å². The first kappa shape index (κ1) is 81.2. The van der Waals surface area contributed by atoms with Gasteiger partial charge in [0.15, 0.2) is 5.43 Å². The third kappa shape index (κ3) is 18.6. The lowest BCUT2D eigenvalue weighted by molar-refractivity contribution is -0.153. The lowest BCUT2D eigenvalue weighted by Gasteiger charge is -2.25. The molecular weight excluding hydrogens is 1330 g/mol. The third-order valence-electron chi connectivity index (χ3n) is 20.5. The summed E-state index contributed by atoms with van der Waals surface area (Å²) in [5.41, 5.74) is 5.11. The minimum Gasteiger partial charge on any atom is -0.496 e. The summed E-state index contributed by atoms with van der Waals surface area (Å²) in [6.45, 7) is 32.7. The number of amides is 2. The van der Waals surface area contributed by atoms with Gasteiger partial charge in [-0.05, 0) is 153 Å². The number of fused-ring (bicyclic) bond motifs is 2. The second kappa shape index (κ2) is 36.3. The third-order valence-corrected chi connectivity index (χ3v) is 22.3. The van der Waals surface area contributed by atoms with Crippen molar-refractivity contribution in [3.05, 3.63) is 131 Å². The molecule has 0 saturated heterocycles. The number of aromatic amines is 1. The first-order chi connectivity index (χ1) is 48.3. The molecule has 19 nitrogen and oxygen atoms in total. The molecule has 552 valence electrons. The number of carbonyl (C=O) groups excluding carboxylic acids is 6. The molecule has 2 N–H and O–H groups in total. The fraction of sp³-hybridized carbons (Fsp3) is 0.531. The second-order valence-corrected chi connectivity index (χ2v) is 29.8. The van der Waals surface area contributed by atoms with E-state index in [4.69, 9.17) is 33.7 Å². The van der Waals surface area contributed by atoms with E-state index in [1.165, 1.54) is 0 Å². The van der Waals surface area contributed by atoms with Crippen molar-refractivity contribution in [2.75, 3.05) is 54.6 Å². The van der Waals surface area contributed by atoms with E-state index in [0.29, 0.717) is 67.9 Å². The van der Waals surface area contributed by atoms with Gasteiger partial charge in [-0.1, -0.05) is 59.4 Å². The van der Waals surface area contributed by atoms with Crippen molar-refractivity contribution in [2.45, 2.75) is 177 Å². The Morgan fingerprint density at radius 1 is 0.647 bits per heavy atom. The highest BCUT2D eigenvalue weighted by molar-refractivity contribution is 7.13. The average molecular weight is 1440 g/mol. The Bertz CT molecular complexity index is 4060. The van der Waals surface area contributed by atoms with Crippen LogP contribution >= 0.6 is 22.7 Å². The number of Topliss-reactive ketones (excluding diaryl/α,β-unsaturated/α-hetero) is 2. The van der Waals surface area contributed by atoms with Gasteiger partial charge in [-0.2, -0.15) is 0 Å². The number of nitrogens with one attached hydrogen (secondary N) is 1. The summed E-state index contributed by atoms with van der Waals surface area (Å²) in [5, 5.41) is 17.4. The van der Waals surface area contributed by atoms with Gasteiger partial charge in [0.05, 0.1) is 84.3 Å². The van der Waals surface area contributed by atoms with Gasteiger partial charge in [-0.15, -0.1) is 49.0 Å².